The van der Waals surface area contributed by atoms with E-state index in [0.717, 1.165) is 0 Å². The van der Waals surface area contributed by atoms with Crippen LogP contribution in [0.3, 0.4) is 0 Å². The number of carbonyl (C=O) groups excluding carboxylic acids is 1. The lowest BCUT2D eigenvalue weighted by Gasteiger charge is -2.04. The SMILES string of the molecule is NC(=O)CCCn1c(N)nc2c(F)cccc21. The Hall–Kier alpha value is -2.11. The molecule has 0 fully saturated rings. The second-order valence-electron chi connectivity index (χ2n) is 3.80. The van der Waals surface area contributed by atoms with Crippen LogP contribution in [-0.2, 0) is 11.3 Å². The topological polar surface area (TPSA) is 86.9 Å². The fraction of sp³-hybridized carbons (Fsp3) is 0.273. The van der Waals surface area contributed by atoms with E-state index in [1.807, 2.05) is 0 Å². The standard InChI is InChI=1S/C11H13FN4O/c12-7-3-1-4-8-10(7)15-11(14)16(8)6-2-5-9(13)17/h1,3-4H,2,5-6H2,(H2,13,17)(H2,14,15). The molecule has 1 aromatic carbocycles. The van der Waals surface area contributed by atoms with Crippen LogP contribution in [-0.4, -0.2) is 15.5 Å². The largest absolute Gasteiger partial charge is 0.370 e. The highest BCUT2D eigenvalue weighted by Crippen LogP contribution is 2.20. The van der Waals surface area contributed by atoms with E-state index < -0.39 is 5.82 Å². The molecule has 0 radical (unpaired) electrons. The Labute approximate surface area is 97.2 Å². The molecule has 17 heavy (non-hydrogen) atoms. The molecule has 0 aliphatic heterocycles. The molecule has 0 spiro atoms. The van der Waals surface area contributed by atoms with E-state index in [0.29, 0.717) is 18.5 Å². The first-order valence-electron chi connectivity index (χ1n) is 5.28. The zero-order valence-electron chi connectivity index (χ0n) is 9.19. The highest BCUT2D eigenvalue weighted by atomic mass is 19.1. The number of nitrogens with zero attached hydrogens (tertiary/aromatic N) is 2. The van der Waals surface area contributed by atoms with Crippen LogP contribution in [0.5, 0.6) is 0 Å². The maximum absolute atomic E-state index is 13.4. The van der Waals surface area contributed by atoms with Gasteiger partial charge in [-0.25, -0.2) is 9.37 Å². The van der Waals surface area contributed by atoms with E-state index in [2.05, 4.69) is 4.98 Å². The van der Waals surface area contributed by atoms with Crippen LogP contribution in [0.15, 0.2) is 18.2 Å². The minimum Gasteiger partial charge on any atom is -0.370 e. The molecule has 1 heterocycles. The first-order chi connectivity index (χ1) is 8.09. The van der Waals surface area contributed by atoms with Gasteiger partial charge in [0.2, 0.25) is 11.9 Å². The molecule has 90 valence electrons. The van der Waals surface area contributed by atoms with Crippen molar-refractivity contribution in [1.29, 1.82) is 0 Å². The van der Waals surface area contributed by atoms with Gasteiger partial charge >= 0.3 is 0 Å². The summed E-state index contributed by atoms with van der Waals surface area (Å²) < 4.78 is 15.1. The average molecular weight is 236 g/mol. The fourth-order valence-electron chi connectivity index (χ4n) is 1.78. The predicted octanol–water partition coefficient (Wildman–Crippen LogP) is 1.02. The highest BCUT2D eigenvalue weighted by Gasteiger charge is 2.11. The number of hydrogen-bond donors (Lipinski definition) is 2. The molecular formula is C11H13FN4O. The molecule has 6 heteroatoms. The van der Waals surface area contributed by atoms with E-state index in [4.69, 9.17) is 11.5 Å². The number of nitrogens with two attached hydrogens (primary N) is 2. The zero-order valence-corrected chi connectivity index (χ0v) is 9.19. The molecule has 2 rings (SSSR count). The van der Waals surface area contributed by atoms with Gasteiger partial charge in [-0.1, -0.05) is 6.07 Å². The number of nitrogen functional groups attached to an aromatic ring is 1. The highest BCUT2D eigenvalue weighted by molar-refractivity contribution is 5.79. The third-order valence-electron chi connectivity index (χ3n) is 2.56. The molecule has 1 amide bonds. The maximum Gasteiger partial charge on any atom is 0.217 e. The zero-order chi connectivity index (χ0) is 12.4. The Kier molecular flexibility index (Phi) is 2.95. The fourth-order valence-corrected chi connectivity index (χ4v) is 1.78. The van der Waals surface area contributed by atoms with Gasteiger partial charge in [0, 0.05) is 13.0 Å². The van der Waals surface area contributed by atoms with Crippen molar-refractivity contribution in [2.24, 2.45) is 5.73 Å². The smallest absolute Gasteiger partial charge is 0.217 e. The summed E-state index contributed by atoms with van der Waals surface area (Å²) in [7, 11) is 0. The van der Waals surface area contributed by atoms with Crippen LogP contribution in [0.1, 0.15) is 12.8 Å². The van der Waals surface area contributed by atoms with Crippen LogP contribution in [0.4, 0.5) is 10.3 Å². The van der Waals surface area contributed by atoms with Gasteiger partial charge < -0.3 is 16.0 Å². The summed E-state index contributed by atoms with van der Waals surface area (Å²) in [5.74, 6) is -0.517. The van der Waals surface area contributed by atoms with Gasteiger partial charge in [0.25, 0.3) is 0 Å². The molecule has 0 saturated heterocycles. The quantitative estimate of drug-likeness (QED) is 0.830. The lowest BCUT2D eigenvalue weighted by molar-refractivity contribution is -0.118. The van der Waals surface area contributed by atoms with E-state index >= 15 is 0 Å². The number of carbonyl (C=O) groups is 1. The number of benzene rings is 1. The number of rotatable bonds is 4. The Morgan fingerprint density at radius 3 is 2.94 bits per heavy atom. The van der Waals surface area contributed by atoms with Crippen molar-refractivity contribution >= 4 is 22.9 Å². The number of aryl methyl sites for hydroxylation is 1. The van der Waals surface area contributed by atoms with Crippen molar-refractivity contribution in [2.75, 3.05) is 5.73 Å². The lowest BCUT2D eigenvalue weighted by Crippen LogP contribution is -2.12. The van der Waals surface area contributed by atoms with E-state index in [-0.39, 0.29) is 23.8 Å². The Morgan fingerprint density at radius 2 is 2.24 bits per heavy atom. The summed E-state index contributed by atoms with van der Waals surface area (Å²) in [6.45, 7) is 0.495. The molecule has 2 aromatic rings. The normalized spacial score (nSPS) is 10.9. The predicted molar refractivity (Wildman–Crippen MR) is 62.5 cm³/mol. The first kappa shape index (κ1) is 11.4. The number of hydrogen-bond acceptors (Lipinski definition) is 3. The number of fused-ring (bicyclic) bond motifs is 1. The number of anilines is 1. The van der Waals surface area contributed by atoms with Crippen molar-refractivity contribution < 1.29 is 9.18 Å². The van der Waals surface area contributed by atoms with Crippen molar-refractivity contribution in [1.82, 2.24) is 9.55 Å². The molecule has 0 aliphatic carbocycles. The molecule has 0 bridgehead atoms. The van der Waals surface area contributed by atoms with Gasteiger partial charge in [-0.2, -0.15) is 0 Å². The van der Waals surface area contributed by atoms with Crippen LogP contribution in [0, 0.1) is 5.82 Å². The second kappa shape index (κ2) is 4.40. The summed E-state index contributed by atoms with van der Waals surface area (Å²) in [4.78, 5) is 14.6. The van der Waals surface area contributed by atoms with Crippen LogP contribution >= 0.6 is 0 Å². The number of aromatic nitrogens is 2. The third-order valence-corrected chi connectivity index (χ3v) is 2.56. The molecule has 1 aromatic heterocycles. The summed E-state index contributed by atoms with van der Waals surface area (Å²) in [5.41, 5.74) is 11.6. The Balaban J connectivity index is 2.30. The molecule has 0 unspecified atom stereocenters. The van der Waals surface area contributed by atoms with Crippen molar-refractivity contribution in [2.45, 2.75) is 19.4 Å². The lowest BCUT2D eigenvalue weighted by atomic mass is 10.2. The molecular weight excluding hydrogens is 223 g/mol. The number of halogens is 1. The summed E-state index contributed by atoms with van der Waals surface area (Å²) in [6, 6.07) is 4.68. The van der Waals surface area contributed by atoms with E-state index in [9.17, 15) is 9.18 Å². The van der Waals surface area contributed by atoms with Crippen LogP contribution in [0.2, 0.25) is 0 Å². The van der Waals surface area contributed by atoms with Crippen LogP contribution < -0.4 is 11.5 Å². The first-order valence-corrected chi connectivity index (χ1v) is 5.28. The minimum absolute atomic E-state index is 0.245. The number of primary amides is 1. The number of para-hydroxylation sites is 1. The van der Waals surface area contributed by atoms with Gasteiger partial charge in [-0.15, -0.1) is 0 Å². The van der Waals surface area contributed by atoms with Crippen molar-refractivity contribution in [3.8, 4) is 0 Å². The van der Waals surface area contributed by atoms with Gasteiger partial charge in [0.15, 0.2) is 5.82 Å². The Bertz CT molecular complexity index is 564. The summed E-state index contributed by atoms with van der Waals surface area (Å²) in [6.07, 6.45) is 0.829. The average Bonchev–Trinajstić information content (AvgIpc) is 2.57. The second-order valence-corrected chi connectivity index (χ2v) is 3.80. The third kappa shape index (κ3) is 2.20. The molecule has 4 N–H and O–H groups in total. The Morgan fingerprint density at radius 1 is 1.47 bits per heavy atom. The minimum atomic E-state index is -0.400. The van der Waals surface area contributed by atoms with Gasteiger partial charge in [-0.3, -0.25) is 4.79 Å². The molecule has 0 atom stereocenters. The van der Waals surface area contributed by atoms with Crippen LogP contribution in [0.25, 0.3) is 11.0 Å². The van der Waals surface area contributed by atoms with Crippen molar-refractivity contribution in [3.63, 3.8) is 0 Å². The van der Waals surface area contributed by atoms with Gasteiger partial charge in [-0.05, 0) is 18.6 Å². The number of imidazole rings is 1. The van der Waals surface area contributed by atoms with E-state index in [1.165, 1.54) is 6.07 Å². The summed E-state index contributed by atoms with van der Waals surface area (Å²) in [5, 5.41) is 0. The number of amides is 1. The maximum atomic E-state index is 13.4. The molecule has 5 nitrogen and oxygen atoms in total. The van der Waals surface area contributed by atoms with Gasteiger partial charge in [0.05, 0.1) is 5.52 Å². The summed E-state index contributed by atoms with van der Waals surface area (Å²) >= 11 is 0. The van der Waals surface area contributed by atoms with Crippen molar-refractivity contribution in [3.05, 3.63) is 24.0 Å². The van der Waals surface area contributed by atoms with Gasteiger partial charge in [0.1, 0.15) is 5.52 Å². The monoisotopic (exact) mass is 236 g/mol. The van der Waals surface area contributed by atoms with E-state index in [1.54, 1.807) is 16.7 Å². The molecule has 0 saturated carbocycles. The molecule has 0 aliphatic rings.